The van der Waals surface area contributed by atoms with Crippen molar-refractivity contribution in [2.75, 3.05) is 19.1 Å². The van der Waals surface area contributed by atoms with Crippen LogP contribution >= 0.6 is 22.9 Å². The van der Waals surface area contributed by atoms with Gasteiger partial charge in [-0.2, -0.15) is 0 Å². The van der Waals surface area contributed by atoms with E-state index in [1.165, 1.54) is 18.4 Å². The summed E-state index contributed by atoms with van der Waals surface area (Å²) >= 11 is 7.59. The minimum absolute atomic E-state index is 0.132. The number of carbonyl (C=O) groups excluding carboxylic acids is 2. The third kappa shape index (κ3) is 3.61. The van der Waals surface area contributed by atoms with Crippen molar-refractivity contribution in [1.29, 1.82) is 0 Å². The van der Waals surface area contributed by atoms with Crippen molar-refractivity contribution >= 4 is 40.5 Å². The highest BCUT2D eigenvalue weighted by atomic mass is 35.5. The van der Waals surface area contributed by atoms with Crippen LogP contribution in [0.15, 0.2) is 54.9 Å². The maximum Gasteiger partial charge on any atom is 0.337 e. The summed E-state index contributed by atoms with van der Waals surface area (Å²) in [4.78, 5) is 31.3. The van der Waals surface area contributed by atoms with Crippen LogP contribution in [0.3, 0.4) is 0 Å². The first-order valence-corrected chi connectivity index (χ1v) is 8.87. The Hall–Kier alpha value is -2.70. The van der Waals surface area contributed by atoms with Gasteiger partial charge in [0.1, 0.15) is 0 Å². The zero-order chi connectivity index (χ0) is 18.7. The zero-order valence-corrected chi connectivity index (χ0v) is 15.7. The van der Waals surface area contributed by atoms with Gasteiger partial charge >= 0.3 is 5.97 Å². The van der Waals surface area contributed by atoms with Gasteiger partial charge in [-0.05, 0) is 42.5 Å². The number of anilines is 1. The van der Waals surface area contributed by atoms with Gasteiger partial charge in [-0.3, -0.25) is 9.78 Å². The SMILES string of the molecule is COC(=O)c1ccc(Cl)c(-c2ccc(C(=O)N(C)c3ccncc3)s2)c1. The Bertz CT molecular complexity index is 956. The Morgan fingerprint density at radius 1 is 1.12 bits per heavy atom. The van der Waals surface area contributed by atoms with Crippen molar-refractivity contribution in [3.63, 3.8) is 0 Å². The van der Waals surface area contributed by atoms with Gasteiger partial charge in [-0.25, -0.2) is 4.79 Å². The number of halogens is 1. The van der Waals surface area contributed by atoms with Gasteiger partial charge in [-0.1, -0.05) is 11.6 Å². The Kier molecular flexibility index (Phi) is 5.35. The van der Waals surface area contributed by atoms with E-state index in [-0.39, 0.29) is 5.91 Å². The normalized spacial score (nSPS) is 10.4. The molecule has 0 aliphatic heterocycles. The Morgan fingerprint density at radius 2 is 1.85 bits per heavy atom. The highest BCUT2D eigenvalue weighted by Gasteiger charge is 2.18. The van der Waals surface area contributed by atoms with Crippen LogP contribution in [0.2, 0.25) is 5.02 Å². The topological polar surface area (TPSA) is 59.5 Å². The highest BCUT2D eigenvalue weighted by molar-refractivity contribution is 7.17. The Balaban J connectivity index is 1.91. The van der Waals surface area contributed by atoms with Gasteiger partial charge in [-0.15, -0.1) is 11.3 Å². The number of aromatic nitrogens is 1. The third-order valence-corrected chi connectivity index (χ3v) is 5.26. The minimum Gasteiger partial charge on any atom is -0.465 e. The maximum atomic E-state index is 12.7. The summed E-state index contributed by atoms with van der Waals surface area (Å²) in [7, 11) is 3.04. The van der Waals surface area contributed by atoms with Gasteiger partial charge < -0.3 is 9.64 Å². The number of nitrogens with zero attached hydrogens (tertiary/aromatic N) is 2. The largest absolute Gasteiger partial charge is 0.465 e. The van der Waals surface area contributed by atoms with E-state index in [1.807, 2.05) is 6.07 Å². The number of hydrogen-bond acceptors (Lipinski definition) is 5. The number of methoxy groups -OCH3 is 1. The fraction of sp³-hybridized carbons (Fsp3) is 0.105. The molecule has 26 heavy (non-hydrogen) atoms. The molecule has 0 aliphatic rings. The molecule has 2 aromatic heterocycles. The summed E-state index contributed by atoms with van der Waals surface area (Å²) in [6.45, 7) is 0. The summed E-state index contributed by atoms with van der Waals surface area (Å²) in [6.07, 6.45) is 3.27. The standard InChI is InChI=1S/C19H15ClN2O3S/c1-22(13-7-9-21-10-8-13)18(23)17-6-5-16(26-17)14-11-12(19(24)25-2)3-4-15(14)20/h3-11H,1-2H3. The summed E-state index contributed by atoms with van der Waals surface area (Å²) in [5.41, 5.74) is 1.85. The maximum absolute atomic E-state index is 12.7. The van der Waals surface area contributed by atoms with Crippen molar-refractivity contribution in [2.24, 2.45) is 0 Å². The van der Waals surface area contributed by atoms with Gasteiger partial charge in [0.25, 0.3) is 5.91 Å². The number of carbonyl (C=O) groups is 2. The van der Waals surface area contributed by atoms with Crippen LogP contribution in [0.1, 0.15) is 20.0 Å². The van der Waals surface area contributed by atoms with Crippen LogP contribution in [0, 0.1) is 0 Å². The molecule has 0 saturated carbocycles. The van der Waals surface area contributed by atoms with Gasteiger partial charge in [0, 0.05) is 40.6 Å². The summed E-state index contributed by atoms with van der Waals surface area (Å²) in [5.74, 6) is -0.569. The van der Waals surface area contributed by atoms with Crippen LogP contribution in [-0.4, -0.2) is 31.0 Å². The molecule has 0 fully saturated rings. The molecular formula is C19H15ClN2O3S. The van der Waals surface area contributed by atoms with Crippen molar-refractivity contribution in [1.82, 2.24) is 4.98 Å². The van der Waals surface area contributed by atoms with E-state index < -0.39 is 5.97 Å². The number of esters is 1. The van der Waals surface area contributed by atoms with Crippen LogP contribution in [0.25, 0.3) is 10.4 Å². The average Bonchev–Trinajstić information content (AvgIpc) is 3.17. The summed E-state index contributed by atoms with van der Waals surface area (Å²) in [6, 6.07) is 12.0. The van der Waals surface area contributed by atoms with Gasteiger partial charge in [0.2, 0.25) is 0 Å². The fourth-order valence-electron chi connectivity index (χ4n) is 2.41. The lowest BCUT2D eigenvalue weighted by Crippen LogP contribution is -2.25. The first-order valence-electron chi connectivity index (χ1n) is 7.67. The molecule has 7 heteroatoms. The van der Waals surface area contributed by atoms with E-state index in [0.717, 1.165) is 10.6 Å². The predicted octanol–water partition coefficient (Wildman–Crippen LogP) is 4.53. The second-order valence-corrected chi connectivity index (χ2v) is 6.91. The molecule has 3 rings (SSSR count). The lowest BCUT2D eigenvalue weighted by atomic mass is 10.1. The van der Waals surface area contributed by atoms with Crippen LogP contribution in [-0.2, 0) is 4.74 Å². The summed E-state index contributed by atoms with van der Waals surface area (Å²) in [5, 5.41) is 0.501. The third-order valence-electron chi connectivity index (χ3n) is 3.82. The van der Waals surface area contributed by atoms with E-state index in [9.17, 15) is 9.59 Å². The van der Waals surface area contributed by atoms with E-state index >= 15 is 0 Å². The molecule has 3 aromatic rings. The molecular weight excluding hydrogens is 372 g/mol. The number of thiophene rings is 1. The van der Waals surface area contributed by atoms with Crippen molar-refractivity contribution in [3.8, 4) is 10.4 Å². The quantitative estimate of drug-likeness (QED) is 0.618. The minimum atomic E-state index is -0.437. The number of pyridine rings is 1. The lowest BCUT2D eigenvalue weighted by molar-refractivity contribution is 0.0600. The number of rotatable bonds is 4. The van der Waals surface area contributed by atoms with Crippen molar-refractivity contribution < 1.29 is 14.3 Å². The summed E-state index contributed by atoms with van der Waals surface area (Å²) < 4.78 is 4.75. The molecule has 1 aromatic carbocycles. The number of ether oxygens (including phenoxy) is 1. The Labute approximate surface area is 159 Å². The second kappa shape index (κ2) is 7.68. The second-order valence-electron chi connectivity index (χ2n) is 5.42. The molecule has 1 amide bonds. The molecule has 5 nitrogen and oxygen atoms in total. The molecule has 0 bridgehead atoms. The number of hydrogen-bond donors (Lipinski definition) is 0. The van der Waals surface area contributed by atoms with E-state index in [2.05, 4.69) is 4.98 Å². The molecule has 0 saturated heterocycles. The van der Waals surface area contributed by atoms with Gasteiger partial charge in [0.05, 0.1) is 17.6 Å². The first kappa shape index (κ1) is 18.1. The van der Waals surface area contributed by atoms with Crippen molar-refractivity contribution in [2.45, 2.75) is 0 Å². The highest BCUT2D eigenvalue weighted by Crippen LogP contribution is 2.35. The molecule has 0 radical (unpaired) electrons. The van der Waals surface area contributed by atoms with Crippen LogP contribution in [0.4, 0.5) is 5.69 Å². The van der Waals surface area contributed by atoms with Crippen LogP contribution < -0.4 is 4.90 Å². The number of amides is 1. The molecule has 0 unspecified atom stereocenters. The molecule has 0 N–H and O–H groups in total. The molecule has 0 spiro atoms. The monoisotopic (exact) mass is 386 g/mol. The lowest BCUT2D eigenvalue weighted by Gasteiger charge is -2.15. The molecule has 132 valence electrons. The molecule has 0 atom stereocenters. The van der Waals surface area contributed by atoms with Crippen LogP contribution in [0.5, 0.6) is 0 Å². The Morgan fingerprint density at radius 3 is 2.54 bits per heavy atom. The fourth-order valence-corrected chi connectivity index (χ4v) is 3.69. The van der Waals surface area contributed by atoms with Gasteiger partial charge in [0.15, 0.2) is 0 Å². The smallest absolute Gasteiger partial charge is 0.337 e. The van der Waals surface area contributed by atoms with E-state index in [0.29, 0.717) is 21.0 Å². The van der Waals surface area contributed by atoms with E-state index in [1.54, 1.807) is 60.7 Å². The zero-order valence-electron chi connectivity index (χ0n) is 14.1. The van der Waals surface area contributed by atoms with Crippen molar-refractivity contribution in [3.05, 3.63) is 70.3 Å². The van der Waals surface area contributed by atoms with E-state index in [4.69, 9.17) is 16.3 Å². The number of benzene rings is 1. The first-order chi connectivity index (χ1) is 12.5. The molecule has 2 heterocycles. The molecule has 0 aliphatic carbocycles. The average molecular weight is 387 g/mol. The predicted molar refractivity (Wildman–Crippen MR) is 103 cm³/mol.